The van der Waals surface area contributed by atoms with Crippen LogP contribution in [0.5, 0.6) is 5.88 Å². The number of rotatable bonds is 5. The molecule has 0 saturated carbocycles. The van der Waals surface area contributed by atoms with E-state index in [9.17, 15) is 0 Å². The molecule has 2 saturated heterocycles. The van der Waals surface area contributed by atoms with Crippen LogP contribution < -0.4 is 4.74 Å². The SMILES string of the molecule is Cc1ncsc1CN1CCC2(CC1)CO[C@H](COc1ccccn1)C2. The highest BCUT2D eigenvalue weighted by atomic mass is 32.1. The summed E-state index contributed by atoms with van der Waals surface area (Å²) in [4.78, 5) is 12.5. The Morgan fingerprint density at radius 3 is 2.92 bits per heavy atom. The fourth-order valence-corrected chi connectivity index (χ4v) is 4.65. The van der Waals surface area contributed by atoms with E-state index in [0.717, 1.165) is 32.7 Å². The van der Waals surface area contributed by atoms with Crippen LogP contribution in [-0.2, 0) is 11.3 Å². The second-order valence-electron chi connectivity index (χ2n) is 7.25. The third kappa shape index (κ3) is 4.02. The minimum atomic E-state index is 0.192. The van der Waals surface area contributed by atoms with Crippen molar-refractivity contribution in [2.75, 3.05) is 26.3 Å². The molecule has 2 aromatic heterocycles. The maximum Gasteiger partial charge on any atom is 0.213 e. The zero-order valence-electron chi connectivity index (χ0n) is 14.7. The molecule has 4 heterocycles. The summed E-state index contributed by atoms with van der Waals surface area (Å²) in [7, 11) is 0. The van der Waals surface area contributed by atoms with Crippen LogP contribution in [0.2, 0.25) is 0 Å². The average molecular weight is 359 g/mol. The second kappa shape index (κ2) is 7.40. The molecule has 0 bridgehead atoms. The van der Waals surface area contributed by atoms with Crippen LogP contribution in [0.25, 0.3) is 0 Å². The summed E-state index contributed by atoms with van der Waals surface area (Å²) < 4.78 is 11.8. The topological polar surface area (TPSA) is 47.5 Å². The van der Waals surface area contributed by atoms with Crippen LogP contribution in [0.15, 0.2) is 29.9 Å². The van der Waals surface area contributed by atoms with Gasteiger partial charge in [0.25, 0.3) is 0 Å². The van der Waals surface area contributed by atoms with Crippen LogP contribution in [0, 0.1) is 12.3 Å². The van der Waals surface area contributed by atoms with Gasteiger partial charge >= 0.3 is 0 Å². The van der Waals surface area contributed by atoms with Crippen molar-refractivity contribution in [2.45, 2.75) is 38.8 Å². The summed E-state index contributed by atoms with van der Waals surface area (Å²) in [5, 5.41) is 0. The van der Waals surface area contributed by atoms with Gasteiger partial charge in [-0.25, -0.2) is 9.97 Å². The first-order chi connectivity index (χ1) is 12.2. The highest BCUT2D eigenvalue weighted by molar-refractivity contribution is 7.09. The lowest BCUT2D eigenvalue weighted by atomic mass is 9.76. The molecule has 25 heavy (non-hydrogen) atoms. The van der Waals surface area contributed by atoms with E-state index in [1.54, 1.807) is 17.5 Å². The van der Waals surface area contributed by atoms with E-state index in [4.69, 9.17) is 9.47 Å². The maximum atomic E-state index is 6.05. The van der Waals surface area contributed by atoms with Gasteiger partial charge in [0.2, 0.25) is 5.88 Å². The van der Waals surface area contributed by atoms with Crippen LogP contribution in [-0.4, -0.2) is 47.3 Å². The lowest BCUT2D eigenvalue weighted by Gasteiger charge is -2.38. The number of aryl methyl sites for hydroxylation is 1. The maximum absolute atomic E-state index is 6.05. The molecule has 2 aromatic rings. The summed E-state index contributed by atoms with van der Waals surface area (Å²) in [6.07, 6.45) is 5.48. The van der Waals surface area contributed by atoms with Gasteiger partial charge in [-0.1, -0.05) is 6.07 Å². The lowest BCUT2D eigenvalue weighted by Crippen LogP contribution is -2.40. The van der Waals surface area contributed by atoms with E-state index in [2.05, 4.69) is 21.8 Å². The fourth-order valence-electron chi connectivity index (χ4n) is 3.83. The monoisotopic (exact) mass is 359 g/mol. The van der Waals surface area contributed by atoms with Crippen LogP contribution in [0.4, 0.5) is 0 Å². The molecule has 6 heteroatoms. The number of nitrogens with zero attached hydrogens (tertiary/aromatic N) is 3. The standard InChI is InChI=1S/C19H25N3O2S/c1-15-17(25-14-21-15)11-22-8-5-19(6-9-22)10-16(24-13-19)12-23-18-4-2-3-7-20-18/h2-4,7,14,16H,5-6,8-13H2,1H3/t16-/m0/s1. The Kier molecular flexibility index (Phi) is 5.01. The van der Waals surface area contributed by atoms with Crippen LogP contribution in [0.1, 0.15) is 29.8 Å². The van der Waals surface area contributed by atoms with Gasteiger partial charge in [0.1, 0.15) is 6.61 Å². The van der Waals surface area contributed by atoms with Gasteiger partial charge in [0.05, 0.1) is 23.9 Å². The van der Waals surface area contributed by atoms with Crippen LogP contribution >= 0.6 is 11.3 Å². The summed E-state index contributed by atoms with van der Waals surface area (Å²) in [6, 6.07) is 5.74. The molecule has 2 aliphatic rings. The van der Waals surface area contributed by atoms with E-state index in [1.807, 2.05) is 23.7 Å². The number of piperidine rings is 1. The Balaban J connectivity index is 1.25. The van der Waals surface area contributed by atoms with Crippen molar-refractivity contribution in [1.29, 1.82) is 0 Å². The normalized spacial score (nSPS) is 23.2. The molecule has 5 nitrogen and oxygen atoms in total. The Morgan fingerprint density at radius 1 is 1.32 bits per heavy atom. The summed E-state index contributed by atoms with van der Waals surface area (Å²) in [5.41, 5.74) is 3.48. The molecule has 0 aliphatic carbocycles. The van der Waals surface area contributed by atoms with Gasteiger partial charge < -0.3 is 9.47 Å². The van der Waals surface area contributed by atoms with Gasteiger partial charge in [-0.2, -0.15) is 0 Å². The predicted molar refractivity (Wildman–Crippen MR) is 97.9 cm³/mol. The molecule has 4 rings (SSSR count). The van der Waals surface area contributed by atoms with Crippen molar-refractivity contribution in [3.63, 3.8) is 0 Å². The Labute approximate surface area is 153 Å². The molecule has 0 N–H and O–H groups in total. The highest BCUT2D eigenvalue weighted by Crippen LogP contribution is 2.42. The van der Waals surface area contributed by atoms with Gasteiger partial charge in [-0.05, 0) is 50.8 Å². The number of aromatic nitrogens is 2. The first kappa shape index (κ1) is 16.9. The molecular weight excluding hydrogens is 334 g/mol. The van der Waals surface area contributed by atoms with E-state index in [0.29, 0.717) is 17.9 Å². The lowest BCUT2D eigenvalue weighted by molar-refractivity contribution is 0.0463. The Morgan fingerprint density at radius 2 is 2.20 bits per heavy atom. The average Bonchev–Trinajstić information content (AvgIpc) is 3.23. The molecule has 134 valence electrons. The van der Waals surface area contributed by atoms with Gasteiger partial charge in [0.15, 0.2) is 0 Å². The molecule has 2 aliphatic heterocycles. The zero-order chi connectivity index (χ0) is 17.1. The molecule has 2 fully saturated rings. The number of likely N-dealkylation sites (tertiary alicyclic amines) is 1. The first-order valence-electron chi connectivity index (χ1n) is 8.99. The van der Waals surface area contributed by atoms with Gasteiger partial charge in [-0.15, -0.1) is 11.3 Å². The number of ether oxygens (including phenoxy) is 2. The van der Waals surface area contributed by atoms with E-state index in [-0.39, 0.29) is 6.10 Å². The van der Waals surface area contributed by atoms with Crippen molar-refractivity contribution in [3.8, 4) is 5.88 Å². The van der Waals surface area contributed by atoms with Gasteiger partial charge in [-0.3, -0.25) is 4.90 Å². The number of pyridine rings is 1. The number of hydrogen-bond donors (Lipinski definition) is 0. The van der Waals surface area contributed by atoms with E-state index < -0.39 is 0 Å². The predicted octanol–water partition coefficient (Wildman–Crippen LogP) is 3.30. The van der Waals surface area contributed by atoms with Crippen molar-refractivity contribution in [3.05, 3.63) is 40.5 Å². The van der Waals surface area contributed by atoms with E-state index in [1.165, 1.54) is 23.4 Å². The van der Waals surface area contributed by atoms with Crippen molar-refractivity contribution >= 4 is 11.3 Å². The Hall–Kier alpha value is -1.50. The highest BCUT2D eigenvalue weighted by Gasteiger charge is 2.42. The third-order valence-electron chi connectivity index (χ3n) is 5.47. The Bertz CT molecular complexity index is 683. The molecule has 0 amide bonds. The largest absolute Gasteiger partial charge is 0.475 e. The number of thiazole rings is 1. The summed E-state index contributed by atoms with van der Waals surface area (Å²) in [6.45, 7) is 6.91. The third-order valence-corrected chi connectivity index (χ3v) is 6.39. The minimum absolute atomic E-state index is 0.192. The first-order valence-corrected chi connectivity index (χ1v) is 9.87. The van der Waals surface area contributed by atoms with E-state index >= 15 is 0 Å². The summed E-state index contributed by atoms with van der Waals surface area (Å²) in [5.74, 6) is 0.682. The molecule has 0 unspecified atom stereocenters. The molecule has 1 spiro atoms. The van der Waals surface area contributed by atoms with Gasteiger partial charge in [0, 0.05) is 23.7 Å². The fraction of sp³-hybridized carbons (Fsp3) is 0.579. The zero-order valence-corrected chi connectivity index (χ0v) is 15.5. The second-order valence-corrected chi connectivity index (χ2v) is 8.19. The van der Waals surface area contributed by atoms with Crippen molar-refractivity contribution in [1.82, 2.24) is 14.9 Å². The van der Waals surface area contributed by atoms with Crippen molar-refractivity contribution in [2.24, 2.45) is 5.41 Å². The smallest absolute Gasteiger partial charge is 0.213 e. The molecule has 0 radical (unpaired) electrons. The van der Waals surface area contributed by atoms with Crippen molar-refractivity contribution < 1.29 is 9.47 Å². The minimum Gasteiger partial charge on any atom is -0.475 e. The molecule has 1 atom stereocenters. The number of hydrogen-bond acceptors (Lipinski definition) is 6. The quantitative estimate of drug-likeness (QED) is 0.820. The summed E-state index contributed by atoms with van der Waals surface area (Å²) >= 11 is 1.77. The van der Waals surface area contributed by atoms with Crippen LogP contribution in [0.3, 0.4) is 0 Å². The molecular formula is C19H25N3O2S. The molecule has 0 aromatic carbocycles.